The maximum Gasteiger partial charge on any atom is 0.311 e. The molecule has 3 nitrogen and oxygen atoms in total. The fourth-order valence-electron chi connectivity index (χ4n) is 2.43. The van der Waals surface area contributed by atoms with Crippen molar-refractivity contribution in [1.29, 1.82) is 0 Å². The Kier molecular flexibility index (Phi) is 4.96. The van der Waals surface area contributed by atoms with Gasteiger partial charge in [0.1, 0.15) is 5.82 Å². The number of hydrogen-bond donors (Lipinski definition) is 0. The third-order valence-corrected chi connectivity index (χ3v) is 3.60. The first-order valence-corrected chi connectivity index (χ1v) is 7.63. The van der Waals surface area contributed by atoms with Crippen molar-refractivity contribution in [3.8, 4) is 0 Å². The van der Waals surface area contributed by atoms with Gasteiger partial charge in [0.2, 0.25) is 0 Å². The van der Waals surface area contributed by atoms with Gasteiger partial charge in [-0.15, -0.1) is 0 Å². The molecule has 24 heavy (non-hydrogen) atoms. The topological polar surface area (TPSA) is 39.2 Å². The molecule has 0 amide bonds. The molecule has 0 saturated carbocycles. The second kappa shape index (κ2) is 7.51. The molecule has 1 aromatic heterocycles. The van der Waals surface area contributed by atoms with Crippen LogP contribution in [0.25, 0.3) is 0 Å². The third kappa shape index (κ3) is 3.84. The van der Waals surface area contributed by atoms with Crippen molar-refractivity contribution in [3.05, 3.63) is 102 Å². The SMILES string of the molecule is O=C(Cc1ccccc1F)OC(c1ccccc1)c1ccccn1. The predicted octanol–water partition coefficient (Wildman–Crippen LogP) is 4.10. The molecule has 1 atom stereocenters. The van der Waals surface area contributed by atoms with E-state index in [0.717, 1.165) is 5.56 Å². The Balaban J connectivity index is 1.82. The molecular formula is C20H16FNO2. The lowest BCUT2D eigenvalue weighted by Gasteiger charge is -2.18. The molecule has 0 spiro atoms. The molecule has 0 aliphatic heterocycles. The number of esters is 1. The number of carbonyl (C=O) groups excluding carboxylic acids is 1. The summed E-state index contributed by atoms with van der Waals surface area (Å²) in [4.78, 5) is 16.6. The van der Waals surface area contributed by atoms with Gasteiger partial charge < -0.3 is 4.74 Å². The largest absolute Gasteiger partial charge is 0.451 e. The van der Waals surface area contributed by atoms with Crippen LogP contribution in [0.5, 0.6) is 0 Å². The fourth-order valence-corrected chi connectivity index (χ4v) is 2.43. The second-order valence-electron chi connectivity index (χ2n) is 5.30. The summed E-state index contributed by atoms with van der Waals surface area (Å²) in [6.45, 7) is 0. The number of halogens is 1. The van der Waals surface area contributed by atoms with E-state index in [1.54, 1.807) is 36.5 Å². The van der Waals surface area contributed by atoms with Crippen LogP contribution in [0.4, 0.5) is 4.39 Å². The minimum atomic E-state index is -0.619. The molecule has 0 fully saturated rings. The van der Waals surface area contributed by atoms with Crippen LogP contribution in [-0.4, -0.2) is 11.0 Å². The van der Waals surface area contributed by atoms with Crippen LogP contribution in [-0.2, 0) is 16.0 Å². The zero-order chi connectivity index (χ0) is 16.8. The zero-order valence-electron chi connectivity index (χ0n) is 12.9. The zero-order valence-corrected chi connectivity index (χ0v) is 12.9. The quantitative estimate of drug-likeness (QED) is 0.664. The predicted molar refractivity (Wildman–Crippen MR) is 88.7 cm³/mol. The molecule has 0 N–H and O–H groups in total. The van der Waals surface area contributed by atoms with E-state index in [-0.39, 0.29) is 6.42 Å². The van der Waals surface area contributed by atoms with Gasteiger partial charge in [-0.05, 0) is 29.3 Å². The highest BCUT2D eigenvalue weighted by Crippen LogP contribution is 2.25. The normalized spacial score (nSPS) is 11.7. The Morgan fingerprint density at radius 3 is 2.38 bits per heavy atom. The van der Waals surface area contributed by atoms with E-state index < -0.39 is 17.9 Å². The summed E-state index contributed by atoms with van der Waals surface area (Å²) in [7, 11) is 0. The number of rotatable bonds is 5. The van der Waals surface area contributed by atoms with E-state index in [4.69, 9.17) is 4.74 Å². The first-order valence-electron chi connectivity index (χ1n) is 7.63. The average Bonchev–Trinajstić information content (AvgIpc) is 2.63. The Labute approximate surface area is 139 Å². The highest BCUT2D eigenvalue weighted by atomic mass is 19.1. The molecule has 1 heterocycles. The fraction of sp³-hybridized carbons (Fsp3) is 0.100. The maximum absolute atomic E-state index is 13.7. The summed E-state index contributed by atoms with van der Waals surface area (Å²) < 4.78 is 19.3. The minimum Gasteiger partial charge on any atom is -0.451 e. The van der Waals surface area contributed by atoms with E-state index in [1.165, 1.54) is 6.07 Å². The molecule has 0 bridgehead atoms. The van der Waals surface area contributed by atoms with Crippen molar-refractivity contribution in [2.75, 3.05) is 0 Å². The Bertz CT molecular complexity index is 767. The van der Waals surface area contributed by atoms with E-state index >= 15 is 0 Å². The molecule has 1 unspecified atom stereocenters. The van der Waals surface area contributed by atoms with Gasteiger partial charge in [-0.2, -0.15) is 0 Å². The van der Waals surface area contributed by atoms with Crippen molar-refractivity contribution < 1.29 is 13.9 Å². The third-order valence-electron chi connectivity index (χ3n) is 3.60. The molecular weight excluding hydrogens is 305 g/mol. The monoisotopic (exact) mass is 321 g/mol. The molecule has 0 radical (unpaired) electrons. The van der Waals surface area contributed by atoms with Gasteiger partial charge in [0.05, 0.1) is 12.1 Å². The summed E-state index contributed by atoms with van der Waals surface area (Å²) in [6, 6.07) is 21.0. The summed E-state index contributed by atoms with van der Waals surface area (Å²) in [5.41, 5.74) is 1.76. The van der Waals surface area contributed by atoms with Gasteiger partial charge in [-0.3, -0.25) is 9.78 Å². The van der Waals surface area contributed by atoms with E-state index in [2.05, 4.69) is 4.98 Å². The van der Waals surface area contributed by atoms with Gasteiger partial charge in [-0.1, -0.05) is 54.6 Å². The van der Waals surface area contributed by atoms with E-state index in [0.29, 0.717) is 11.3 Å². The van der Waals surface area contributed by atoms with Crippen molar-refractivity contribution in [1.82, 2.24) is 4.98 Å². The van der Waals surface area contributed by atoms with Crippen LogP contribution in [0.3, 0.4) is 0 Å². The molecule has 2 aromatic carbocycles. The van der Waals surface area contributed by atoms with Crippen LogP contribution in [0.15, 0.2) is 79.0 Å². The summed E-state index contributed by atoms with van der Waals surface area (Å²) in [5.74, 6) is -0.914. The highest BCUT2D eigenvalue weighted by Gasteiger charge is 2.20. The second-order valence-corrected chi connectivity index (χ2v) is 5.30. The lowest BCUT2D eigenvalue weighted by Crippen LogP contribution is -2.16. The summed E-state index contributed by atoms with van der Waals surface area (Å²) in [5, 5.41) is 0. The molecule has 3 aromatic rings. The smallest absolute Gasteiger partial charge is 0.311 e. The van der Waals surface area contributed by atoms with E-state index in [9.17, 15) is 9.18 Å². The summed E-state index contributed by atoms with van der Waals surface area (Å²) in [6.07, 6.45) is 0.908. The number of pyridine rings is 1. The van der Waals surface area contributed by atoms with Crippen LogP contribution in [0, 0.1) is 5.82 Å². The van der Waals surface area contributed by atoms with Crippen molar-refractivity contribution >= 4 is 5.97 Å². The summed E-state index contributed by atoms with van der Waals surface area (Å²) >= 11 is 0. The first-order chi connectivity index (χ1) is 11.7. The van der Waals surface area contributed by atoms with Crippen LogP contribution >= 0.6 is 0 Å². The molecule has 120 valence electrons. The van der Waals surface area contributed by atoms with Crippen molar-refractivity contribution in [2.24, 2.45) is 0 Å². The standard InChI is InChI=1S/C20H16FNO2/c21-17-11-5-4-10-16(17)14-19(23)24-20(15-8-2-1-3-9-15)18-12-6-7-13-22-18/h1-13,20H,14H2. The van der Waals surface area contributed by atoms with Gasteiger partial charge in [0.25, 0.3) is 0 Å². The van der Waals surface area contributed by atoms with Crippen molar-refractivity contribution in [3.63, 3.8) is 0 Å². The van der Waals surface area contributed by atoms with E-state index in [1.807, 2.05) is 36.4 Å². The number of carbonyl (C=O) groups is 1. The molecule has 4 heteroatoms. The number of ether oxygens (including phenoxy) is 1. The number of aromatic nitrogens is 1. The number of hydrogen-bond acceptors (Lipinski definition) is 3. The van der Waals surface area contributed by atoms with Gasteiger partial charge in [-0.25, -0.2) is 4.39 Å². The van der Waals surface area contributed by atoms with Crippen LogP contribution in [0.1, 0.15) is 22.9 Å². The number of benzene rings is 2. The minimum absolute atomic E-state index is 0.122. The molecule has 0 saturated heterocycles. The Morgan fingerprint density at radius 2 is 1.67 bits per heavy atom. The van der Waals surface area contributed by atoms with Gasteiger partial charge >= 0.3 is 5.97 Å². The first kappa shape index (κ1) is 15.9. The molecule has 0 aliphatic rings. The van der Waals surface area contributed by atoms with Crippen LogP contribution in [0.2, 0.25) is 0 Å². The van der Waals surface area contributed by atoms with Gasteiger partial charge in [0.15, 0.2) is 6.10 Å². The molecule has 3 rings (SSSR count). The van der Waals surface area contributed by atoms with Crippen LogP contribution < -0.4 is 0 Å². The lowest BCUT2D eigenvalue weighted by atomic mass is 10.1. The Hall–Kier alpha value is -3.01. The maximum atomic E-state index is 13.7. The Morgan fingerprint density at radius 1 is 0.958 bits per heavy atom. The average molecular weight is 321 g/mol. The van der Waals surface area contributed by atoms with Crippen molar-refractivity contribution in [2.45, 2.75) is 12.5 Å². The number of nitrogens with zero attached hydrogens (tertiary/aromatic N) is 1. The highest BCUT2D eigenvalue weighted by molar-refractivity contribution is 5.73. The molecule has 0 aliphatic carbocycles. The lowest BCUT2D eigenvalue weighted by molar-refractivity contribution is -0.146. The van der Waals surface area contributed by atoms with Gasteiger partial charge in [0, 0.05) is 6.20 Å².